The fourth-order valence-electron chi connectivity index (χ4n) is 2.11. The summed E-state index contributed by atoms with van der Waals surface area (Å²) in [6, 6.07) is 15.7. The first kappa shape index (κ1) is 14.4. The first-order valence-electron chi connectivity index (χ1n) is 6.18. The number of methoxy groups -OCH3 is 1. The zero-order valence-corrected chi connectivity index (χ0v) is 13.0. The monoisotopic (exact) mass is 330 g/mol. The van der Waals surface area contributed by atoms with Gasteiger partial charge in [0, 0.05) is 23.6 Å². The third kappa shape index (κ3) is 3.12. The average molecular weight is 331 g/mol. The van der Waals surface area contributed by atoms with Crippen LogP contribution in [0.2, 0.25) is 0 Å². The number of hydrogen-bond acceptors (Lipinski definition) is 3. The van der Waals surface area contributed by atoms with Crippen molar-refractivity contribution in [2.24, 2.45) is 0 Å². The van der Waals surface area contributed by atoms with E-state index in [1.807, 2.05) is 54.4 Å². The van der Waals surface area contributed by atoms with Crippen LogP contribution >= 0.6 is 15.9 Å². The van der Waals surface area contributed by atoms with E-state index in [-0.39, 0.29) is 0 Å². The Morgan fingerprint density at radius 3 is 2.70 bits per heavy atom. The standard InChI is InChI=1S/C16H15BrN2O/c1-19(15-6-4-3-5-12(15)10-18)11-13-9-14(17)7-8-16(13)20-2/h3-9H,11H2,1-2H3. The molecule has 0 atom stereocenters. The molecule has 2 aromatic carbocycles. The van der Waals surface area contributed by atoms with E-state index in [4.69, 9.17) is 10.00 Å². The normalized spacial score (nSPS) is 9.90. The van der Waals surface area contributed by atoms with Gasteiger partial charge in [0.2, 0.25) is 0 Å². The number of nitriles is 1. The molecule has 0 aliphatic rings. The lowest BCUT2D eigenvalue weighted by Crippen LogP contribution is -2.18. The molecular formula is C16H15BrN2O. The van der Waals surface area contributed by atoms with Gasteiger partial charge in [0.25, 0.3) is 0 Å². The molecule has 20 heavy (non-hydrogen) atoms. The van der Waals surface area contributed by atoms with Crippen molar-refractivity contribution in [1.82, 2.24) is 0 Å². The quantitative estimate of drug-likeness (QED) is 0.851. The molecule has 0 saturated heterocycles. The third-order valence-corrected chi connectivity index (χ3v) is 3.58. The van der Waals surface area contributed by atoms with Gasteiger partial charge < -0.3 is 9.64 Å². The Balaban J connectivity index is 2.30. The van der Waals surface area contributed by atoms with Crippen molar-refractivity contribution in [3.63, 3.8) is 0 Å². The van der Waals surface area contributed by atoms with Crippen LogP contribution in [0.25, 0.3) is 0 Å². The lowest BCUT2D eigenvalue weighted by molar-refractivity contribution is 0.409. The fourth-order valence-corrected chi connectivity index (χ4v) is 2.52. The van der Waals surface area contributed by atoms with Gasteiger partial charge in [-0.05, 0) is 30.3 Å². The Morgan fingerprint density at radius 1 is 1.25 bits per heavy atom. The minimum atomic E-state index is 0.668. The summed E-state index contributed by atoms with van der Waals surface area (Å²) < 4.78 is 6.39. The van der Waals surface area contributed by atoms with E-state index in [1.165, 1.54) is 0 Å². The highest BCUT2D eigenvalue weighted by atomic mass is 79.9. The maximum absolute atomic E-state index is 9.17. The largest absolute Gasteiger partial charge is 0.496 e. The van der Waals surface area contributed by atoms with Crippen molar-refractivity contribution in [2.45, 2.75) is 6.54 Å². The van der Waals surface area contributed by atoms with Crippen LogP contribution in [0, 0.1) is 11.3 Å². The molecule has 0 unspecified atom stereocenters. The predicted octanol–water partition coefficient (Wildman–Crippen LogP) is 3.97. The molecule has 0 radical (unpaired) electrons. The van der Waals surface area contributed by atoms with Crippen molar-refractivity contribution < 1.29 is 4.74 Å². The highest BCUT2D eigenvalue weighted by Gasteiger charge is 2.10. The summed E-state index contributed by atoms with van der Waals surface area (Å²) >= 11 is 3.47. The van der Waals surface area contributed by atoms with E-state index < -0.39 is 0 Å². The van der Waals surface area contributed by atoms with Crippen molar-refractivity contribution >= 4 is 21.6 Å². The second-order valence-corrected chi connectivity index (χ2v) is 5.36. The molecule has 102 valence electrons. The third-order valence-electron chi connectivity index (χ3n) is 3.09. The molecular weight excluding hydrogens is 316 g/mol. The number of benzene rings is 2. The second kappa shape index (κ2) is 6.44. The topological polar surface area (TPSA) is 36.3 Å². The summed E-state index contributed by atoms with van der Waals surface area (Å²) in [7, 11) is 3.63. The maximum atomic E-state index is 9.17. The van der Waals surface area contributed by atoms with Gasteiger partial charge in [0.15, 0.2) is 0 Å². The molecule has 0 saturated carbocycles. The number of anilines is 1. The number of para-hydroxylation sites is 1. The predicted molar refractivity (Wildman–Crippen MR) is 84.0 cm³/mol. The molecule has 0 N–H and O–H groups in total. The minimum absolute atomic E-state index is 0.668. The second-order valence-electron chi connectivity index (χ2n) is 4.44. The van der Waals surface area contributed by atoms with Crippen LogP contribution in [0.1, 0.15) is 11.1 Å². The first-order chi connectivity index (χ1) is 9.65. The van der Waals surface area contributed by atoms with Crippen LogP contribution < -0.4 is 9.64 Å². The van der Waals surface area contributed by atoms with Gasteiger partial charge in [-0.2, -0.15) is 5.26 Å². The molecule has 0 fully saturated rings. The maximum Gasteiger partial charge on any atom is 0.123 e. The molecule has 0 aliphatic carbocycles. The van der Waals surface area contributed by atoms with Crippen LogP contribution in [-0.2, 0) is 6.54 Å². The number of halogens is 1. The summed E-state index contributed by atoms with van der Waals surface area (Å²) in [4.78, 5) is 2.04. The summed E-state index contributed by atoms with van der Waals surface area (Å²) in [5.74, 6) is 0.842. The number of rotatable bonds is 4. The van der Waals surface area contributed by atoms with Crippen LogP contribution in [0.15, 0.2) is 46.9 Å². The summed E-state index contributed by atoms with van der Waals surface area (Å²) in [5.41, 5.74) is 2.65. The Labute approximate surface area is 127 Å². The van der Waals surface area contributed by atoms with Crippen molar-refractivity contribution in [3.8, 4) is 11.8 Å². The van der Waals surface area contributed by atoms with Crippen LogP contribution in [0.3, 0.4) is 0 Å². The molecule has 0 aliphatic heterocycles. The summed E-state index contributed by atoms with van der Waals surface area (Å²) in [6.45, 7) is 0.668. The smallest absolute Gasteiger partial charge is 0.123 e. The first-order valence-corrected chi connectivity index (χ1v) is 6.97. The van der Waals surface area contributed by atoms with Gasteiger partial charge in [0.1, 0.15) is 11.8 Å². The minimum Gasteiger partial charge on any atom is -0.496 e. The molecule has 0 amide bonds. The summed E-state index contributed by atoms with van der Waals surface area (Å²) in [6.07, 6.45) is 0. The van der Waals surface area contributed by atoms with Gasteiger partial charge in [-0.25, -0.2) is 0 Å². The van der Waals surface area contributed by atoms with E-state index >= 15 is 0 Å². The lowest BCUT2D eigenvalue weighted by Gasteiger charge is -2.22. The van der Waals surface area contributed by atoms with E-state index in [0.717, 1.165) is 21.5 Å². The molecule has 2 aromatic rings. The van der Waals surface area contributed by atoms with E-state index in [0.29, 0.717) is 12.1 Å². The number of hydrogen-bond donors (Lipinski definition) is 0. The highest BCUT2D eigenvalue weighted by molar-refractivity contribution is 9.10. The zero-order chi connectivity index (χ0) is 14.5. The Morgan fingerprint density at radius 2 is 2.00 bits per heavy atom. The number of ether oxygens (including phenoxy) is 1. The van der Waals surface area contributed by atoms with E-state index in [9.17, 15) is 0 Å². The van der Waals surface area contributed by atoms with E-state index in [1.54, 1.807) is 7.11 Å². The van der Waals surface area contributed by atoms with Crippen molar-refractivity contribution in [2.75, 3.05) is 19.1 Å². The van der Waals surface area contributed by atoms with E-state index in [2.05, 4.69) is 22.0 Å². The number of nitrogens with zero attached hydrogens (tertiary/aromatic N) is 2. The molecule has 0 heterocycles. The van der Waals surface area contributed by atoms with Gasteiger partial charge in [-0.15, -0.1) is 0 Å². The molecule has 4 heteroatoms. The van der Waals surface area contributed by atoms with Gasteiger partial charge >= 0.3 is 0 Å². The average Bonchev–Trinajstić information content (AvgIpc) is 2.47. The Bertz CT molecular complexity index is 649. The lowest BCUT2D eigenvalue weighted by atomic mass is 10.1. The molecule has 0 bridgehead atoms. The van der Waals surface area contributed by atoms with Crippen molar-refractivity contribution in [3.05, 3.63) is 58.1 Å². The van der Waals surface area contributed by atoms with Crippen LogP contribution in [0.5, 0.6) is 5.75 Å². The zero-order valence-electron chi connectivity index (χ0n) is 11.4. The SMILES string of the molecule is COc1ccc(Br)cc1CN(C)c1ccccc1C#N. The van der Waals surface area contributed by atoms with Crippen LogP contribution in [-0.4, -0.2) is 14.2 Å². The Hall–Kier alpha value is -1.99. The van der Waals surface area contributed by atoms with Crippen molar-refractivity contribution in [1.29, 1.82) is 5.26 Å². The Kier molecular flexibility index (Phi) is 4.65. The summed E-state index contributed by atoms with van der Waals surface area (Å²) in [5, 5.41) is 9.17. The highest BCUT2D eigenvalue weighted by Crippen LogP contribution is 2.27. The molecule has 0 aromatic heterocycles. The van der Waals surface area contributed by atoms with Gasteiger partial charge in [-0.3, -0.25) is 0 Å². The molecule has 2 rings (SSSR count). The molecule has 3 nitrogen and oxygen atoms in total. The fraction of sp³-hybridized carbons (Fsp3) is 0.188. The van der Waals surface area contributed by atoms with Crippen LogP contribution in [0.4, 0.5) is 5.69 Å². The van der Waals surface area contributed by atoms with Gasteiger partial charge in [0.05, 0.1) is 18.4 Å². The van der Waals surface area contributed by atoms with Gasteiger partial charge in [-0.1, -0.05) is 28.1 Å². The molecule has 0 spiro atoms.